The van der Waals surface area contributed by atoms with Crippen molar-refractivity contribution in [2.24, 2.45) is 4.99 Å². The predicted octanol–water partition coefficient (Wildman–Crippen LogP) is 0.737. The fraction of sp³-hybridized carbons (Fsp3) is 0.500. The molecule has 26 heavy (non-hydrogen) atoms. The molecule has 0 saturated carbocycles. The van der Waals surface area contributed by atoms with E-state index in [4.69, 9.17) is 16.7 Å². The highest BCUT2D eigenvalue weighted by Crippen LogP contribution is 2.18. The van der Waals surface area contributed by atoms with Crippen LogP contribution in [0.4, 0.5) is 10.3 Å². The van der Waals surface area contributed by atoms with Gasteiger partial charge < -0.3 is 16.8 Å². The van der Waals surface area contributed by atoms with Gasteiger partial charge in [0.1, 0.15) is 10.0 Å². The van der Waals surface area contributed by atoms with Gasteiger partial charge in [-0.05, 0) is 0 Å². The van der Waals surface area contributed by atoms with E-state index in [1.165, 1.54) is 22.7 Å². The Morgan fingerprint density at radius 1 is 1.04 bits per heavy atom. The smallest absolute Gasteiger partial charge is 0.204 e. The summed E-state index contributed by atoms with van der Waals surface area (Å²) in [6, 6.07) is 0. The number of nitrogens with zero attached hydrogens (tertiary/aromatic N) is 6. The highest BCUT2D eigenvalue weighted by Gasteiger charge is 2.03. The van der Waals surface area contributed by atoms with Gasteiger partial charge in [0.05, 0.1) is 6.54 Å². The maximum Gasteiger partial charge on any atom is 0.204 e. The standard InChI is InChI=1S/C12H18N10S4/c13-7-18-12(16-1-3-23-5-8-19-21-10(14)25-8)17-2-4-24-6-9-20-22-11(15)26-9/h1-6H2,(H2,14,21)(H2,15,22)(H2,16,17,18). The number of thioether (sulfide) groups is 2. The van der Waals surface area contributed by atoms with Gasteiger partial charge in [-0.15, -0.1) is 20.4 Å². The van der Waals surface area contributed by atoms with Crippen LogP contribution in [0.25, 0.3) is 0 Å². The fourth-order valence-corrected chi connectivity index (χ4v) is 4.63. The summed E-state index contributed by atoms with van der Waals surface area (Å²) in [5.41, 5.74) is 11.1. The second kappa shape index (κ2) is 11.7. The van der Waals surface area contributed by atoms with Crippen molar-refractivity contribution in [3.05, 3.63) is 10.0 Å². The monoisotopic (exact) mass is 430 g/mol. The quantitative estimate of drug-likeness (QED) is 0.138. The van der Waals surface area contributed by atoms with Crippen LogP contribution in [0.3, 0.4) is 0 Å². The van der Waals surface area contributed by atoms with E-state index in [-0.39, 0.29) is 0 Å². The third-order valence-electron chi connectivity index (χ3n) is 2.63. The number of nitrogen functional groups attached to an aromatic ring is 2. The van der Waals surface area contributed by atoms with Crippen molar-refractivity contribution < 1.29 is 0 Å². The number of aromatic nitrogens is 4. The first-order valence-corrected chi connectivity index (χ1v) is 11.4. The van der Waals surface area contributed by atoms with Crippen molar-refractivity contribution in [1.29, 1.82) is 5.26 Å². The van der Waals surface area contributed by atoms with E-state index >= 15 is 0 Å². The van der Waals surface area contributed by atoms with E-state index in [9.17, 15) is 0 Å². The molecule has 0 fully saturated rings. The first-order chi connectivity index (χ1) is 12.7. The van der Waals surface area contributed by atoms with Gasteiger partial charge in [0, 0.05) is 29.6 Å². The second-order valence-corrected chi connectivity index (χ2v) is 8.96. The van der Waals surface area contributed by atoms with Crippen LogP contribution in [0, 0.1) is 11.5 Å². The normalized spacial score (nSPS) is 11.3. The lowest BCUT2D eigenvalue weighted by Crippen LogP contribution is -2.36. The van der Waals surface area contributed by atoms with Gasteiger partial charge in [-0.3, -0.25) is 10.3 Å². The molecule has 0 aromatic carbocycles. The number of nitrogens with two attached hydrogens (primary N) is 2. The van der Waals surface area contributed by atoms with Crippen LogP contribution in [0.5, 0.6) is 0 Å². The lowest BCUT2D eigenvalue weighted by atomic mass is 10.7. The third kappa shape index (κ3) is 8.04. The van der Waals surface area contributed by atoms with Crippen LogP contribution >= 0.6 is 46.2 Å². The molecule has 0 amide bonds. The molecule has 0 saturated heterocycles. The van der Waals surface area contributed by atoms with Crippen LogP contribution < -0.4 is 22.1 Å². The Morgan fingerprint density at radius 2 is 1.65 bits per heavy atom. The Bertz CT molecular complexity index is 736. The SMILES string of the molecule is N#CNC(=NCCSCc1nnc(N)s1)NCCSCc1nnc(N)s1. The number of hydrogen-bond acceptors (Lipinski definition) is 12. The Labute approximate surface area is 167 Å². The zero-order valence-corrected chi connectivity index (χ0v) is 17.0. The van der Waals surface area contributed by atoms with Gasteiger partial charge in [-0.1, -0.05) is 22.7 Å². The number of anilines is 2. The average Bonchev–Trinajstić information content (AvgIpc) is 3.22. The summed E-state index contributed by atoms with van der Waals surface area (Å²) in [7, 11) is 0. The van der Waals surface area contributed by atoms with Crippen LogP contribution in [-0.4, -0.2) is 50.9 Å². The molecule has 6 N–H and O–H groups in total. The lowest BCUT2D eigenvalue weighted by molar-refractivity contribution is 0.916. The molecule has 14 heteroatoms. The number of aliphatic imine (C=N–C) groups is 1. The first-order valence-electron chi connectivity index (χ1n) is 7.42. The molecule has 0 radical (unpaired) electrons. The largest absolute Gasteiger partial charge is 0.374 e. The van der Waals surface area contributed by atoms with Crippen LogP contribution in [0.2, 0.25) is 0 Å². The highest BCUT2D eigenvalue weighted by molar-refractivity contribution is 7.98. The number of rotatable bonds is 10. The summed E-state index contributed by atoms with van der Waals surface area (Å²) in [6.45, 7) is 1.27. The van der Waals surface area contributed by atoms with Gasteiger partial charge >= 0.3 is 0 Å². The Kier molecular flexibility index (Phi) is 9.24. The first kappa shape index (κ1) is 20.5. The number of hydrogen-bond donors (Lipinski definition) is 4. The van der Waals surface area contributed by atoms with E-state index in [1.807, 2.05) is 6.19 Å². The van der Waals surface area contributed by atoms with E-state index in [0.717, 1.165) is 33.0 Å². The molecule has 10 nitrogen and oxygen atoms in total. The summed E-state index contributed by atoms with van der Waals surface area (Å²) >= 11 is 6.19. The van der Waals surface area contributed by atoms with Crippen molar-refractivity contribution in [2.75, 3.05) is 36.1 Å². The summed E-state index contributed by atoms with van der Waals surface area (Å²) in [5.74, 6) is 3.66. The van der Waals surface area contributed by atoms with Gasteiger partial charge in [-0.25, -0.2) is 0 Å². The van der Waals surface area contributed by atoms with Crippen molar-refractivity contribution in [2.45, 2.75) is 11.5 Å². The number of nitrogens with one attached hydrogen (secondary N) is 2. The zero-order valence-electron chi connectivity index (χ0n) is 13.7. The molecule has 0 unspecified atom stereocenters. The number of guanidine groups is 1. The van der Waals surface area contributed by atoms with E-state index in [1.54, 1.807) is 23.5 Å². The van der Waals surface area contributed by atoms with E-state index in [0.29, 0.717) is 29.3 Å². The molecule has 0 bridgehead atoms. The average molecular weight is 431 g/mol. The molecule has 0 spiro atoms. The Morgan fingerprint density at radius 3 is 2.19 bits per heavy atom. The topological polar surface area (TPSA) is 164 Å². The van der Waals surface area contributed by atoms with Gasteiger partial charge in [0.2, 0.25) is 16.2 Å². The zero-order chi connectivity index (χ0) is 18.6. The maximum atomic E-state index is 8.80. The summed E-state index contributed by atoms with van der Waals surface area (Å²) in [6.07, 6.45) is 1.89. The predicted molar refractivity (Wildman–Crippen MR) is 110 cm³/mol. The highest BCUT2D eigenvalue weighted by atomic mass is 32.2. The van der Waals surface area contributed by atoms with Crippen molar-refractivity contribution >= 4 is 62.4 Å². The summed E-state index contributed by atoms with van der Waals surface area (Å²) in [5, 5.41) is 32.7. The molecule has 2 aromatic rings. The van der Waals surface area contributed by atoms with Crippen LogP contribution in [-0.2, 0) is 11.5 Å². The Hall–Kier alpha value is -1.82. The van der Waals surface area contributed by atoms with Crippen LogP contribution in [0.1, 0.15) is 10.0 Å². The molecule has 0 aliphatic carbocycles. The molecule has 0 aliphatic rings. The molecular weight excluding hydrogens is 412 g/mol. The van der Waals surface area contributed by atoms with Gasteiger partial charge in [0.25, 0.3) is 0 Å². The molecule has 0 atom stereocenters. The van der Waals surface area contributed by atoms with Crippen molar-refractivity contribution in [1.82, 2.24) is 31.0 Å². The number of nitriles is 1. The van der Waals surface area contributed by atoms with Crippen LogP contribution in [0.15, 0.2) is 4.99 Å². The van der Waals surface area contributed by atoms with Crippen molar-refractivity contribution in [3.63, 3.8) is 0 Å². The molecule has 140 valence electrons. The minimum absolute atomic E-state index is 0.481. The van der Waals surface area contributed by atoms with Gasteiger partial charge in [0.15, 0.2) is 6.19 Å². The summed E-state index contributed by atoms with van der Waals surface area (Å²) < 4.78 is 0. The fourth-order valence-electron chi connectivity index (χ4n) is 1.62. The van der Waals surface area contributed by atoms with E-state index < -0.39 is 0 Å². The Balaban J connectivity index is 1.58. The third-order valence-corrected chi connectivity index (χ3v) is 6.42. The second-order valence-electron chi connectivity index (χ2n) is 4.57. The molecule has 0 aliphatic heterocycles. The molecule has 2 heterocycles. The minimum Gasteiger partial charge on any atom is -0.374 e. The lowest BCUT2D eigenvalue weighted by Gasteiger charge is -2.07. The molecule has 2 rings (SSSR count). The summed E-state index contributed by atoms with van der Waals surface area (Å²) in [4.78, 5) is 4.36. The maximum absolute atomic E-state index is 8.80. The molecular formula is C12H18N10S4. The minimum atomic E-state index is 0.481. The van der Waals surface area contributed by atoms with Gasteiger partial charge in [-0.2, -0.15) is 28.8 Å². The van der Waals surface area contributed by atoms with E-state index in [2.05, 4.69) is 36.0 Å². The molecule has 2 aromatic heterocycles. The van der Waals surface area contributed by atoms with Crippen molar-refractivity contribution in [3.8, 4) is 6.19 Å².